The van der Waals surface area contributed by atoms with E-state index in [1.807, 2.05) is 11.0 Å². The third-order valence-electron chi connectivity index (χ3n) is 4.98. The Morgan fingerprint density at radius 3 is 2.82 bits per heavy atom. The summed E-state index contributed by atoms with van der Waals surface area (Å²) in [5.74, 6) is -0.617. The van der Waals surface area contributed by atoms with Crippen LogP contribution in [0.5, 0.6) is 0 Å². The minimum atomic E-state index is -1.05. The molecule has 1 N–H and O–H groups in total. The Bertz CT molecular complexity index is 913. The van der Waals surface area contributed by atoms with E-state index in [-0.39, 0.29) is 17.8 Å². The SMILES string of the molecule is C[C@H](O)C(=O)N1CCC(N(Cc2ccccc2F)c2ccc(C#N)c(Cl)c2)C1. The molecule has 1 unspecified atom stereocenters. The molecule has 0 saturated carbocycles. The van der Waals surface area contributed by atoms with Crippen LogP contribution in [0.15, 0.2) is 42.5 Å². The van der Waals surface area contributed by atoms with Crippen molar-refractivity contribution < 1.29 is 14.3 Å². The lowest BCUT2D eigenvalue weighted by Gasteiger charge is -2.32. The van der Waals surface area contributed by atoms with Crippen LogP contribution >= 0.6 is 11.6 Å². The van der Waals surface area contributed by atoms with Crippen LogP contribution in [0.4, 0.5) is 10.1 Å². The molecule has 1 saturated heterocycles. The number of carbonyl (C=O) groups excluding carboxylic acids is 1. The fourth-order valence-electron chi connectivity index (χ4n) is 3.48. The lowest BCUT2D eigenvalue weighted by Crippen LogP contribution is -2.41. The van der Waals surface area contributed by atoms with Gasteiger partial charge in [-0.15, -0.1) is 0 Å². The molecule has 2 aromatic carbocycles. The van der Waals surface area contributed by atoms with Gasteiger partial charge in [0.2, 0.25) is 0 Å². The molecule has 1 heterocycles. The van der Waals surface area contributed by atoms with E-state index in [0.29, 0.717) is 42.2 Å². The monoisotopic (exact) mass is 401 g/mol. The van der Waals surface area contributed by atoms with Crippen molar-refractivity contribution in [1.82, 2.24) is 4.90 Å². The maximum atomic E-state index is 14.3. The van der Waals surface area contributed by atoms with E-state index in [0.717, 1.165) is 5.69 Å². The summed E-state index contributed by atoms with van der Waals surface area (Å²) in [7, 11) is 0. The van der Waals surface area contributed by atoms with Gasteiger partial charge in [0, 0.05) is 36.9 Å². The fraction of sp³-hybridized carbons (Fsp3) is 0.333. The van der Waals surface area contributed by atoms with Gasteiger partial charge in [-0.1, -0.05) is 29.8 Å². The van der Waals surface area contributed by atoms with Crippen molar-refractivity contribution in [3.8, 4) is 6.07 Å². The number of likely N-dealkylation sites (tertiary alicyclic amines) is 1. The molecule has 1 fully saturated rings. The summed E-state index contributed by atoms with van der Waals surface area (Å²) in [6.07, 6.45) is -0.368. The summed E-state index contributed by atoms with van der Waals surface area (Å²) >= 11 is 6.21. The highest BCUT2D eigenvalue weighted by Gasteiger charge is 2.32. The molecular weight excluding hydrogens is 381 g/mol. The molecule has 7 heteroatoms. The van der Waals surface area contributed by atoms with Gasteiger partial charge in [0.15, 0.2) is 0 Å². The molecule has 0 spiro atoms. The van der Waals surface area contributed by atoms with E-state index >= 15 is 0 Å². The normalized spacial score (nSPS) is 17.2. The van der Waals surface area contributed by atoms with Crippen molar-refractivity contribution in [3.05, 3.63) is 64.4 Å². The number of nitriles is 1. The maximum absolute atomic E-state index is 14.3. The number of aliphatic hydroxyl groups excluding tert-OH is 1. The van der Waals surface area contributed by atoms with Crippen molar-refractivity contribution in [2.75, 3.05) is 18.0 Å². The van der Waals surface area contributed by atoms with Gasteiger partial charge in [0.1, 0.15) is 18.0 Å². The molecule has 3 rings (SSSR count). The summed E-state index contributed by atoms with van der Waals surface area (Å²) in [6, 6.07) is 13.6. The molecule has 0 aliphatic carbocycles. The van der Waals surface area contributed by atoms with Gasteiger partial charge < -0.3 is 14.9 Å². The smallest absolute Gasteiger partial charge is 0.251 e. The Morgan fingerprint density at radius 1 is 1.43 bits per heavy atom. The molecule has 0 aromatic heterocycles. The zero-order valence-corrected chi connectivity index (χ0v) is 16.2. The van der Waals surface area contributed by atoms with Crippen molar-refractivity contribution in [3.63, 3.8) is 0 Å². The first-order chi connectivity index (χ1) is 13.4. The number of aliphatic hydroxyl groups is 1. The Hall–Kier alpha value is -2.62. The van der Waals surface area contributed by atoms with Crippen LogP contribution in [0.25, 0.3) is 0 Å². The van der Waals surface area contributed by atoms with Crippen molar-refractivity contribution in [2.45, 2.75) is 32.0 Å². The first kappa shape index (κ1) is 20.1. The maximum Gasteiger partial charge on any atom is 0.251 e. The van der Waals surface area contributed by atoms with E-state index in [2.05, 4.69) is 0 Å². The lowest BCUT2D eigenvalue weighted by molar-refractivity contribution is -0.138. The number of hydrogen-bond acceptors (Lipinski definition) is 4. The predicted octanol–water partition coefficient (Wildman–Crippen LogP) is 3.34. The van der Waals surface area contributed by atoms with Gasteiger partial charge in [-0.05, 0) is 37.6 Å². The number of anilines is 1. The predicted molar refractivity (Wildman–Crippen MR) is 105 cm³/mol. The second kappa shape index (κ2) is 8.59. The number of rotatable bonds is 5. The Kier molecular flexibility index (Phi) is 6.18. The van der Waals surface area contributed by atoms with Crippen LogP contribution in [0.3, 0.4) is 0 Å². The first-order valence-electron chi connectivity index (χ1n) is 9.07. The number of benzene rings is 2. The van der Waals surface area contributed by atoms with Gasteiger partial charge in [0.25, 0.3) is 5.91 Å². The molecule has 1 aliphatic rings. The number of halogens is 2. The Balaban J connectivity index is 1.91. The number of nitrogens with zero attached hydrogens (tertiary/aromatic N) is 3. The quantitative estimate of drug-likeness (QED) is 0.834. The molecule has 28 heavy (non-hydrogen) atoms. The van der Waals surface area contributed by atoms with Crippen LogP contribution in [-0.4, -0.2) is 41.1 Å². The molecule has 2 aromatic rings. The summed E-state index contributed by atoms with van der Waals surface area (Å²) in [5, 5.41) is 19.0. The molecule has 1 aliphatic heterocycles. The molecule has 1 amide bonds. The second-order valence-electron chi connectivity index (χ2n) is 6.90. The molecule has 146 valence electrons. The van der Waals surface area contributed by atoms with Gasteiger partial charge in [0.05, 0.1) is 10.6 Å². The minimum Gasteiger partial charge on any atom is -0.384 e. The largest absolute Gasteiger partial charge is 0.384 e. The highest BCUT2D eigenvalue weighted by molar-refractivity contribution is 6.32. The zero-order chi connectivity index (χ0) is 20.3. The summed E-state index contributed by atoms with van der Waals surface area (Å²) in [4.78, 5) is 15.8. The summed E-state index contributed by atoms with van der Waals surface area (Å²) in [5.41, 5.74) is 1.65. The number of hydrogen-bond donors (Lipinski definition) is 1. The Labute approximate surface area is 168 Å². The van der Waals surface area contributed by atoms with E-state index in [1.165, 1.54) is 13.0 Å². The van der Waals surface area contributed by atoms with Crippen molar-refractivity contribution >= 4 is 23.2 Å². The summed E-state index contributed by atoms with van der Waals surface area (Å²) < 4.78 is 14.3. The van der Waals surface area contributed by atoms with Crippen LogP contribution < -0.4 is 4.90 Å². The number of carbonyl (C=O) groups is 1. The Morgan fingerprint density at radius 2 is 2.18 bits per heavy atom. The highest BCUT2D eigenvalue weighted by atomic mass is 35.5. The van der Waals surface area contributed by atoms with Gasteiger partial charge >= 0.3 is 0 Å². The molecule has 0 radical (unpaired) electrons. The average molecular weight is 402 g/mol. The average Bonchev–Trinajstić information content (AvgIpc) is 3.16. The van der Waals surface area contributed by atoms with Crippen LogP contribution in [-0.2, 0) is 11.3 Å². The zero-order valence-electron chi connectivity index (χ0n) is 15.5. The van der Waals surface area contributed by atoms with Crippen molar-refractivity contribution in [1.29, 1.82) is 5.26 Å². The molecular formula is C21H21ClFN3O2. The van der Waals surface area contributed by atoms with Crippen LogP contribution in [0, 0.1) is 17.1 Å². The van der Waals surface area contributed by atoms with Crippen LogP contribution in [0.1, 0.15) is 24.5 Å². The third kappa shape index (κ3) is 4.27. The summed E-state index contributed by atoms with van der Waals surface area (Å²) in [6.45, 7) is 2.70. The van der Waals surface area contributed by atoms with E-state index in [4.69, 9.17) is 16.9 Å². The molecule has 5 nitrogen and oxygen atoms in total. The minimum absolute atomic E-state index is 0.0636. The van der Waals surface area contributed by atoms with Crippen LogP contribution in [0.2, 0.25) is 5.02 Å². The van der Waals surface area contributed by atoms with Gasteiger partial charge in [-0.2, -0.15) is 5.26 Å². The topological polar surface area (TPSA) is 67.6 Å². The van der Waals surface area contributed by atoms with Gasteiger partial charge in [-0.25, -0.2) is 4.39 Å². The molecule has 2 atom stereocenters. The van der Waals surface area contributed by atoms with E-state index < -0.39 is 6.10 Å². The standard InChI is InChI=1S/C21H21ClFN3O2/c1-14(27)21(28)25-9-8-18(13-25)26(12-16-4-2-3-5-20(16)23)17-7-6-15(11-24)19(22)10-17/h2-7,10,14,18,27H,8-9,12-13H2,1H3/t14-,18?/m0/s1. The number of amides is 1. The van der Waals surface area contributed by atoms with Crippen molar-refractivity contribution in [2.24, 2.45) is 0 Å². The lowest BCUT2D eigenvalue weighted by atomic mass is 10.1. The highest BCUT2D eigenvalue weighted by Crippen LogP contribution is 2.30. The second-order valence-corrected chi connectivity index (χ2v) is 7.31. The van der Waals surface area contributed by atoms with E-state index in [9.17, 15) is 14.3 Å². The molecule has 0 bridgehead atoms. The fourth-order valence-corrected chi connectivity index (χ4v) is 3.69. The first-order valence-corrected chi connectivity index (χ1v) is 9.45. The van der Waals surface area contributed by atoms with Gasteiger partial charge in [-0.3, -0.25) is 4.79 Å². The van der Waals surface area contributed by atoms with E-state index in [1.54, 1.807) is 41.3 Å². The third-order valence-corrected chi connectivity index (χ3v) is 5.29.